The minimum atomic E-state index is -0.108. The summed E-state index contributed by atoms with van der Waals surface area (Å²) >= 11 is 0. The van der Waals surface area contributed by atoms with Crippen LogP contribution in [0.2, 0.25) is 0 Å². The van der Waals surface area contributed by atoms with Crippen LogP contribution in [-0.2, 0) is 13.0 Å². The molecule has 1 aromatic carbocycles. The zero-order valence-corrected chi connectivity index (χ0v) is 9.34. The zero-order chi connectivity index (χ0) is 11.1. The van der Waals surface area contributed by atoms with Crippen LogP contribution in [0.5, 0.6) is 0 Å². The van der Waals surface area contributed by atoms with E-state index in [0.29, 0.717) is 13.1 Å². The quantitative estimate of drug-likeness (QED) is 0.778. The van der Waals surface area contributed by atoms with Gasteiger partial charge in [-0.1, -0.05) is 31.2 Å². The Kier molecular flexibility index (Phi) is 4.68. The van der Waals surface area contributed by atoms with E-state index in [4.69, 9.17) is 0 Å². The number of rotatable bonds is 4. The second-order valence-corrected chi connectivity index (χ2v) is 3.34. The van der Waals surface area contributed by atoms with Crippen molar-refractivity contribution in [3.05, 3.63) is 35.4 Å². The number of urea groups is 1. The molecule has 15 heavy (non-hydrogen) atoms. The molecule has 3 heteroatoms. The number of carbonyl (C=O) groups is 1. The van der Waals surface area contributed by atoms with Crippen molar-refractivity contribution in [1.29, 1.82) is 0 Å². The Morgan fingerprint density at radius 3 is 2.40 bits per heavy atom. The Morgan fingerprint density at radius 2 is 1.80 bits per heavy atom. The zero-order valence-electron chi connectivity index (χ0n) is 9.34. The molecule has 0 atom stereocenters. The summed E-state index contributed by atoms with van der Waals surface area (Å²) < 4.78 is 0. The highest BCUT2D eigenvalue weighted by Crippen LogP contribution is 2.08. The topological polar surface area (TPSA) is 41.1 Å². The van der Waals surface area contributed by atoms with Crippen LogP contribution in [0.25, 0.3) is 0 Å². The van der Waals surface area contributed by atoms with Gasteiger partial charge in [0.05, 0.1) is 0 Å². The number of amides is 2. The Balaban J connectivity index is 2.53. The van der Waals surface area contributed by atoms with E-state index in [-0.39, 0.29) is 6.03 Å². The van der Waals surface area contributed by atoms with Gasteiger partial charge in [0.1, 0.15) is 0 Å². The Labute approximate surface area is 90.9 Å². The van der Waals surface area contributed by atoms with Gasteiger partial charge in [-0.25, -0.2) is 4.79 Å². The van der Waals surface area contributed by atoms with Gasteiger partial charge in [0.15, 0.2) is 0 Å². The molecule has 0 aliphatic carbocycles. The molecule has 0 heterocycles. The lowest BCUT2D eigenvalue weighted by Gasteiger charge is -2.09. The first-order chi connectivity index (χ1) is 7.27. The molecule has 0 fully saturated rings. The molecule has 1 aromatic rings. The highest BCUT2D eigenvalue weighted by molar-refractivity contribution is 5.73. The van der Waals surface area contributed by atoms with Gasteiger partial charge in [-0.3, -0.25) is 0 Å². The van der Waals surface area contributed by atoms with Crippen molar-refractivity contribution in [3.63, 3.8) is 0 Å². The third kappa shape index (κ3) is 3.62. The number of hydrogen-bond acceptors (Lipinski definition) is 1. The standard InChI is InChI=1S/C12H18N2O/c1-3-10-7-5-6-8-11(10)9-14-12(15)13-4-2/h5-8H,3-4,9H2,1-2H3,(H2,13,14,15). The molecule has 2 N–H and O–H groups in total. The van der Waals surface area contributed by atoms with Crippen molar-refractivity contribution >= 4 is 6.03 Å². The van der Waals surface area contributed by atoms with Crippen LogP contribution in [0.15, 0.2) is 24.3 Å². The SMILES string of the molecule is CCNC(=O)NCc1ccccc1CC. The first-order valence-electron chi connectivity index (χ1n) is 5.36. The maximum Gasteiger partial charge on any atom is 0.315 e. The summed E-state index contributed by atoms with van der Waals surface area (Å²) in [4.78, 5) is 11.2. The molecular formula is C12H18N2O. The monoisotopic (exact) mass is 206 g/mol. The predicted molar refractivity (Wildman–Crippen MR) is 61.7 cm³/mol. The number of hydrogen-bond donors (Lipinski definition) is 2. The molecule has 0 bridgehead atoms. The second-order valence-electron chi connectivity index (χ2n) is 3.34. The average Bonchev–Trinajstić information content (AvgIpc) is 2.27. The maximum absolute atomic E-state index is 11.2. The van der Waals surface area contributed by atoms with Gasteiger partial charge in [-0.2, -0.15) is 0 Å². The van der Waals surface area contributed by atoms with Crippen LogP contribution >= 0.6 is 0 Å². The van der Waals surface area contributed by atoms with Crippen LogP contribution in [0.3, 0.4) is 0 Å². The van der Waals surface area contributed by atoms with Gasteiger partial charge in [0.25, 0.3) is 0 Å². The van der Waals surface area contributed by atoms with Crippen molar-refractivity contribution < 1.29 is 4.79 Å². The van der Waals surface area contributed by atoms with Crippen LogP contribution in [0.1, 0.15) is 25.0 Å². The summed E-state index contributed by atoms with van der Waals surface area (Å²) in [6.07, 6.45) is 0.993. The summed E-state index contributed by atoms with van der Waals surface area (Å²) in [6, 6.07) is 8.05. The molecule has 0 aliphatic heterocycles. The van der Waals surface area contributed by atoms with Crippen LogP contribution < -0.4 is 10.6 Å². The fraction of sp³-hybridized carbons (Fsp3) is 0.417. The number of aryl methyl sites for hydroxylation is 1. The smallest absolute Gasteiger partial charge is 0.315 e. The summed E-state index contributed by atoms with van der Waals surface area (Å²) in [6.45, 7) is 5.27. The molecule has 0 aliphatic rings. The van der Waals surface area contributed by atoms with Gasteiger partial charge >= 0.3 is 6.03 Å². The summed E-state index contributed by atoms with van der Waals surface area (Å²) in [5, 5.41) is 5.53. The van der Waals surface area contributed by atoms with Gasteiger partial charge < -0.3 is 10.6 Å². The molecule has 82 valence electrons. The molecule has 1 rings (SSSR count). The van der Waals surface area contributed by atoms with E-state index >= 15 is 0 Å². The third-order valence-electron chi connectivity index (χ3n) is 2.28. The van der Waals surface area contributed by atoms with Gasteiger partial charge in [-0.15, -0.1) is 0 Å². The first-order valence-corrected chi connectivity index (χ1v) is 5.36. The fourth-order valence-electron chi connectivity index (χ4n) is 1.47. The first kappa shape index (κ1) is 11.6. The van der Waals surface area contributed by atoms with E-state index in [1.165, 1.54) is 11.1 Å². The van der Waals surface area contributed by atoms with Gasteiger partial charge in [-0.05, 0) is 24.5 Å². The maximum atomic E-state index is 11.2. The van der Waals surface area contributed by atoms with Gasteiger partial charge in [0.2, 0.25) is 0 Å². The van der Waals surface area contributed by atoms with Crippen LogP contribution in [-0.4, -0.2) is 12.6 Å². The molecule has 2 amide bonds. The summed E-state index contributed by atoms with van der Waals surface area (Å²) in [7, 11) is 0. The van der Waals surface area contributed by atoms with Crippen molar-refractivity contribution in [2.45, 2.75) is 26.8 Å². The van der Waals surface area contributed by atoms with Gasteiger partial charge in [0, 0.05) is 13.1 Å². The van der Waals surface area contributed by atoms with E-state index in [0.717, 1.165) is 6.42 Å². The average molecular weight is 206 g/mol. The molecule has 0 saturated carbocycles. The highest BCUT2D eigenvalue weighted by atomic mass is 16.2. The van der Waals surface area contributed by atoms with Crippen molar-refractivity contribution in [3.8, 4) is 0 Å². The lowest BCUT2D eigenvalue weighted by molar-refractivity contribution is 0.241. The molecule has 0 aromatic heterocycles. The molecule has 0 unspecified atom stereocenters. The number of benzene rings is 1. The van der Waals surface area contributed by atoms with Crippen LogP contribution in [0, 0.1) is 0 Å². The minimum Gasteiger partial charge on any atom is -0.338 e. The van der Waals surface area contributed by atoms with E-state index in [2.05, 4.69) is 23.6 Å². The summed E-state index contributed by atoms with van der Waals surface area (Å²) in [5.41, 5.74) is 2.47. The molecule has 3 nitrogen and oxygen atoms in total. The molecule has 0 saturated heterocycles. The predicted octanol–water partition coefficient (Wildman–Crippen LogP) is 2.07. The number of carbonyl (C=O) groups excluding carboxylic acids is 1. The second kappa shape index (κ2) is 6.06. The molecular weight excluding hydrogens is 188 g/mol. The number of nitrogens with one attached hydrogen (secondary N) is 2. The Hall–Kier alpha value is -1.51. The Morgan fingerprint density at radius 1 is 1.13 bits per heavy atom. The van der Waals surface area contributed by atoms with Crippen molar-refractivity contribution in [1.82, 2.24) is 10.6 Å². The Bertz CT molecular complexity index is 323. The normalized spacial score (nSPS) is 9.73. The van der Waals surface area contributed by atoms with Crippen molar-refractivity contribution in [2.24, 2.45) is 0 Å². The third-order valence-corrected chi connectivity index (χ3v) is 2.28. The van der Waals surface area contributed by atoms with E-state index in [9.17, 15) is 4.79 Å². The lowest BCUT2D eigenvalue weighted by Crippen LogP contribution is -2.34. The van der Waals surface area contributed by atoms with Crippen LogP contribution in [0.4, 0.5) is 4.79 Å². The van der Waals surface area contributed by atoms with Crippen molar-refractivity contribution in [2.75, 3.05) is 6.54 Å². The minimum absolute atomic E-state index is 0.108. The molecule has 0 spiro atoms. The highest BCUT2D eigenvalue weighted by Gasteiger charge is 2.01. The molecule has 0 radical (unpaired) electrons. The van der Waals surface area contributed by atoms with E-state index in [1.54, 1.807) is 0 Å². The van der Waals surface area contributed by atoms with E-state index in [1.807, 2.05) is 25.1 Å². The fourth-order valence-corrected chi connectivity index (χ4v) is 1.47. The summed E-state index contributed by atoms with van der Waals surface area (Å²) in [5.74, 6) is 0. The lowest BCUT2D eigenvalue weighted by atomic mass is 10.1. The largest absolute Gasteiger partial charge is 0.338 e. The van der Waals surface area contributed by atoms with E-state index < -0.39 is 0 Å².